The van der Waals surface area contributed by atoms with Crippen molar-refractivity contribution in [2.45, 2.75) is 30.6 Å². The normalized spacial score (nSPS) is 26.0. The van der Waals surface area contributed by atoms with Crippen LogP contribution in [0.3, 0.4) is 0 Å². The van der Waals surface area contributed by atoms with E-state index in [9.17, 15) is 13.9 Å². The summed E-state index contributed by atoms with van der Waals surface area (Å²) in [6.45, 7) is 4.54. The zero-order chi connectivity index (χ0) is 26.1. The molecule has 1 aromatic carbocycles. The number of halogens is 1. The van der Waals surface area contributed by atoms with E-state index in [4.69, 9.17) is 10.1 Å². The van der Waals surface area contributed by atoms with Crippen molar-refractivity contribution in [3.8, 4) is 17.6 Å². The summed E-state index contributed by atoms with van der Waals surface area (Å²) in [6.07, 6.45) is 1.86. The minimum absolute atomic E-state index is 0.00846. The standard InChI is InChI=1S/C25H30FN5O4S/c1-4-5-12-35-18-7-9-21(28-14-18)22(32)29-17-6-8-20(26)19(13-17)24(2)16-36(33,34)25(23(27)30-24)10-11-31(3)15-25/h6-9,13-14,33-34H,10-12,15-16H2,1-3H3,(H2,27,30)(H,29,32)/t24-,25?/m0/s1. The fourth-order valence-electron chi connectivity index (χ4n) is 4.72. The van der Waals surface area contributed by atoms with Crippen LogP contribution in [0.4, 0.5) is 10.1 Å². The summed E-state index contributed by atoms with van der Waals surface area (Å²) >= 11 is 0. The van der Waals surface area contributed by atoms with Crippen LogP contribution in [0.15, 0.2) is 36.5 Å². The Morgan fingerprint density at radius 2 is 2.17 bits per heavy atom. The molecule has 2 aliphatic heterocycles. The van der Waals surface area contributed by atoms with Gasteiger partial charge in [0.1, 0.15) is 34.5 Å². The van der Waals surface area contributed by atoms with E-state index in [0.717, 1.165) is 0 Å². The van der Waals surface area contributed by atoms with Crippen molar-refractivity contribution in [1.29, 1.82) is 5.41 Å². The van der Waals surface area contributed by atoms with Crippen LogP contribution in [0, 0.1) is 23.1 Å². The van der Waals surface area contributed by atoms with Crippen LogP contribution in [0.2, 0.25) is 0 Å². The molecule has 3 heterocycles. The summed E-state index contributed by atoms with van der Waals surface area (Å²) in [5.41, 5.74) is -0.685. The minimum Gasteiger partial charge on any atom is -0.479 e. The number of ether oxygens (including phenoxy) is 1. The highest BCUT2D eigenvalue weighted by Crippen LogP contribution is 2.61. The summed E-state index contributed by atoms with van der Waals surface area (Å²) in [5, 5.41) is 14.4. The lowest BCUT2D eigenvalue weighted by Crippen LogP contribution is -2.64. The number of carbonyl (C=O) groups is 1. The van der Waals surface area contributed by atoms with E-state index in [2.05, 4.69) is 27.5 Å². The van der Waals surface area contributed by atoms with Crippen LogP contribution < -0.4 is 15.4 Å². The molecule has 2 atom stereocenters. The van der Waals surface area contributed by atoms with Gasteiger partial charge >= 0.3 is 0 Å². The van der Waals surface area contributed by atoms with Gasteiger partial charge in [0.05, 0.1) is 17.5 Å². The molecule has 5 N–H and O–H groups in total. The number of nitrogens with zero attached hydrogens (tertiary/aromatic N) is 2. The molecule has 2 aromatic rings. The fourth-order valence-corrected chi connectivity index (χ4v) is 7.26. The first-order chi connectivity index (χ1) is 17.0. The van der Waals surface area contributed by atoms with Gasteiger partial charge in [-0.05, 0) is 57.6 Å². The summed E-state index contributed by atoms with van der Waals surface area (Å²) in [5.74, 6) is 4.72. The molecular weight excluding hydrogens is 485 g/mol. The number of benzene rings is 1. The van der Waals surface area contributed by atoms with Crippen molar-refractivity contribution in [3.63, 3.8) is 0 Å². The second-order valence-electron chi connectivity index (χ2n) is 9.37. The van der Waals surface area contributed by atoms with Crippen molar-refractivity contribution in [2.24, 2.45) is 0 Å². The number of hydrogen-bond acceptors (Lipinski definition) is 7. The Labute approximate surface area is 211 Å². The average molecular weight is 516 g/mol. The van der Waals surface area contributed by atoms with Gasteiger partial charge in [0.25, 0.3) is 5.91 Å². The van der Waals surface area contributed by atoms with Gasteiger partial charge in [0.15, 0.2) is 0 Å². The largest absolute Gasteiger partial charge is 0.479 e. The predicted molar refractivity (Wildman–Crippen MR) is 138 cm³/mol. The highest BCUT2D eigenvalue weighted by molar-refractivity contribution is 8.26. The Hall–Kier alpha value is -3.17. The lowest BCUT2D eigenvalue weighted by molar-refractivity contribution is 0.102. The average Bonchev–Trinajstić information content (AvgIpc) is 3.23. The van der Waals surface area contributed by atoms with E-state index in [-0.39, 0.29) is 29.5 Å². The highest BCUT2D eigenvalue weighted by Gasteiger charge is 2.58. The number of likely N-dealkylation sites (tertiary alicyclic amines) is 1. The fraction of sp³-hybridized carbons (Fsp3) is 0.400. The molecule has 0 aliphatic carbocycles. The Bertz CT molecular complexity index is 1250. The van der Waals surface area contributed by atoms with E-state index in [1.165, 1.54) is 30.5 Å². The molecule has 2 fully saturated rings. The molecule has 2 aliphatic rings. The van der Waals surface area contributed by atoms with Crippen molar-refractivity contribution in [3.05, 3.63) is 53.6 Å². The number of carbonyl (C=O) groups excluding carboxylic acids is 1. The maximum absolute atomic E-state index is 15.0. The van der Waals surface area contributed by atoms with E-state index in [1.54, 1.807) is 19.9 Å². The molecule has 1 amide bonds. The van der Waals surface area contributed by atoms with Crippen LogP contribution in [-0.2, 0) is 5.54 Å². The molecule has 11 heteroatoms. The molecule has 0 saturated carbocycles. The summed E-state index contributed by atoms with van der Waals surface area (Å²) < 4.78 is 41.7. The van der Waals surface area contributed by atoms with Crippen molar-refractivity contribution in [1.82, 2.24) is 15.2 Å². The van der Waals surface area contributed by atoms with Gasteiger partial charge in [-0.1, -0.05) is 5.92 Å². The van der Waals surface area contributed by atoms with Crippen LogP contribution in [0.1, 0.15) is 36.3 Å². The molecule has 192 valence electrons. The van der Waals surface area contributed by atoms with E-state index in [0.29, 0.717) is 30.9 Å². The molecule has 1 aromatic heterocycles. The number of amidine groups is 1. The van der Waals surface area contributed by atoms with Gasteiger partial charge in [-0.2, -0.15) is 10.6 Å². The summed E-state index contributed by atoms with van der Waals surface area (Å²) in [4.78, 5) is 18.8. The molecule has 1 unspecified atom stereocenters. The number of amides is 1. The predicted octanol–water partition coefficient (Wildman–Crippen LogP) is 3.50. The highest BCUT2D eigenvalue weighted by atomic mass is 32.3. The lowest BCUT2D eigenvalue weighted by atomic mass is 9.90. The Morgan fingerprint density at radius 1 is 1.39 bits per heavy atom. The second kappa shape index (κ2) is 9.71. The smallest absolute Gasteiger partial charge is 0.274 e. The van der Waals surface area contributed by atoms with Gasteiger partial charge in [-0.25, -0.2) is 9.37 Å². The number of nitrogens with one attached hydrogen (secondary N) is 3. The number of aromatic nitrogens is 1. The number of hydrogen-bond donors (Lipinski definition) is 5. The molecule has 2 saturated heterocycles. The topological polar surface area (TPSA) is 131 Å². The molecule has 0 radical (unpaired) electrons. The number of pyridine rings is 1. The minimum atomic E-state index is -3.28. The molecule has 4 rings (SSSR count). The van der Waals surface area contributed by atoms with Crippen LogP contribution in [0.25, 0.3) is 0 Å². The second-order valence-corrected chi connectivity index (χ2v) is 11.8. The first kappa shape index (κ1) is 25.9. The van der Waals surface area contributed by atoms with Crippen molar-refractivity contribution < 1.29 is 23.0 Å². The third-order valence-electron chi connectivity index (χ3n) is 6.67. The van der Waals surface area contributed by atoms with Gasteiger partial charge < -0.3 is 20.3 Å². The SMILES string of the molecule is CC#CCOc1ccc(C(=O)Nc2ccc(F)c([C@]3(C)CS(O)(O)C4(CCN(C)C4)C(=N)N3)c2)nc1. The van der Waals surface area contributed by atoms with Crippen LogP contribution in [0.5, 0.6) is 5.75 Å². The molecule has 1 spiro atoms. The maximum atomic E-state index is 15.0. The van der Waals surface area contributed by atoms with Gasteiger partial charge in [0.2, 0.25) is 0 Å². The van der Waals surface area contributed by atoms with E-state index < -0.39 is 32.6 Å². The quantitative estimate of drug-likeness (QED) is 0.385. The number of rotatable bonds is 5. The zero-order valence-electron chi connectivity index (χ0n) is 20.4. The van der Waals surface area contributed by atoms with E-state index in [1.807, 2.05) is 11.9 Å². The van der Waals surface area contributed by atoms with Crippen molar-refractivity contribution >= 4 is 28.0 Å². The molecule has 36 heavy (non-hydrogen) atoms. The third-order valence-corrected chi connectivity index (χ3v) is 9.44. The van der Waals surface area contributed by atoms with Crippen molar-refractivity contribution in [2.75, 3.05) is 37.8 Å². The summed E-state index contributed by atoms with van der Waals surface area (Å²) in [7, 11) is -1.41. The van der Waals surface area contributed by atoms with Gasteiger partial charge in [-0.15, -0.1) is 5.92 Å². The lowest BCUT2D eigenvalue weighted by Gasteiger charge is -2.57. The van der Waals surface area contributed by atoms with Crippen LogP contribution >= 0.6 is 10.6 Å². The van der Waals surface area contributed by atoms with Gasteiger partial charge in [0, 0.05) is 24.3 Å². The Balaban J connectivity index is 1.54. The Morgan fingerprint density at radius 3 is 2.78 bits per heavy atom. The molecular formula is C25H30FN5O4S. The maximum Gasteiger partial charge on any atom is 0.274 e. The first-order valence-corrected chi connectivity index (χ1v) is 13.1. The zero-order valence-corrected chi connectivity index (χ0v) is 21.2. The molecule has 0 bridgehead atoms. The monoisotopic (exact) mass is 515 g/mol. The third kappa shape index (κ3) is 4.77. The van der Waals surface area contributed by atoms with E-state index >= 15 is 4.39 Å². The van der Waals surface area contributed by atoms with Gasteiger partial charge in [-0.3, -0.25) is 19.3 Å². The molecule has 9 nitrogen and oxygen atoms in total. The summed E-state index contributed by atoms with van der Waals surface area (Å²) in [6, 6.07) is 7.19. The number of anilines is 1. The first-order valence-electron chi connectivity index (χ1n) is 11.4. The van der Waals surface area contributed by atoms with Crippen LogP contribution in [-0.4, -0.2) is 68.0 Å². The Kier molecular flexibility index (Phi) is 6.99.